The summed E-state index contributed by atoms with van der Waals surface area (Å²) in [7, 11) is 4.75. The van der Waals surface area contributed by atoms with Crippen LogP contribution in [0.15, 0.2) is 24.9 Å². The summed E-state index contributed by atoms with van der Waals surface area (Å²) in [5.41, 5.74) is 0. The minimum atomic E-state index is -2.65. The number of allylic oxidation sites excluding steroid dienone is 2. The fourth-order valence-electron chi connectivity index (χ4n) is 0.376. The van der Waals surface area contributed by atoms with E-state index >= 15 is 0 Å². The van der Waals surface area contributed by atoms with Crippen LogP contribution in [0.5, 0.6) is 0 Å². The summed E-state index contributed by atoms with van der Waals surface area (Å²) in [5, 5.41) is 17.3. The van der Waals surface area contributed by atoms with E-state index in [1.807, 2.05) is 0 Å². The highest BCUT2D eigenvalue weighted by Crippen LogP contribution is 2.00. The Labute approximate surface area is 65.8 Å². The Hall–Kier alpha value is -1.07. The van der Waals surface area contributed by atoms with Crippen molar-refractivity contribution in [3.8, 4) is 0 Å². The zero-order valence-electron chi connectivity index (χ0n) is 5.84. The minimum Gasteiger partial charge on any atom is -0.357 e. The molecule has 1 amide bonds. The molecular weight excluding hydrogens is 145 g/mol. The maximum absolute atomic E-state index is 10.1. The molecule has 2 radical (unpaired) electrons. The van der Waals surface area contributed by atoms with Gasteiger partial charge in [0.1, 0.15) is 0 Å². The van der Waals surface area contributed by atoms with Crippen LogP contribution in [0, 0.1) is 0 Å². The Morgan fingerprint density at radius 2 is 2.09 bits per heavy atom. The average Bonchev–Trinajstić information content (AvgIpc) is 1.87. The highest BCUT2D eigenvalue weighted by molar-refractivity contribution is 6.13. The molecule has 0 saturated heterocycles. The smallest absolute Gasteiger partial charge is 0.217 e. The van der Waals surface area contributed by atoms with Crippen molar-refractivity contribution in [1.82, 2.24) is 4.90 Å². The monoisotopic (exact) mass is 153 g/mol. The van der Waals surface area contributed by atoms with Crippen molar-refractivity contribution in [2.75, 3.05) is 0 Å². The van der Waals surface area contributed by atoms with Gasteiger partial charge in [-0.05, 0) is 6.08 Å². The van der Waals surface area contributed by atoms with Crippen LogP contribution in [0.2, 0.25) is 0 Å². The van der Waals surface area contributed by atoms with Crippen molar-refractivity contribution in [2.45, 2.75) is 5.81 Å². The predicted molar refractivity (Wildman–Crippen MR) is 40.2 cm³/mol. The Balaban J connectivity index is 4.29. The summed E-state index contributed by atoms with van der Waals surface area (Å²) in [6, 6.07) is 0. The lowest BCUT2D eigenvalue weighted by Gasteiger charge is -2.25. The van der Waals surface area contributed by atoms with Gasteiger partial charge in [0.25, 0.3) is 0 Å². The summed E-state index contributed by atoms with van der Waals surface area (Å²) in [6.45, 7) is 3.32. The van der Waals surface area contributed by atoms with Crippen LogP contribution in [0.1, 0.15) is 0 Å². The second-order valence-electron chi connectivity index (χ2n) is 1.78. The van der Waals surface area contributed by atoms with E-state index in [1.54, 1.807) is 0 Å². The molecule has 58 valence electrons. The molecule has 2 N–H and O–H groups in total. The topological polar surface area (TPSA) is 60.8 Å². The van der Waals surface area contributed by atoms with Crippen LogP contribution >= 0.6 is 0 Å². The van der Waals surface area contributed by atoms with Crippen molar-refractivity contribution in [1.29, 1.82) is 0 Å². The number of aliphatic hydroxyl groups is 2. The van der Waals surface area contributed by atoms with Crippen molar-refractivity contribution in [3.63, 3.8) is 0 Å². The van der Waals surface area contributed by atoms with Crippen molar-refractivity contribution >= 4 is 14.3 Å². The van der Waals surface area contributed by atoms with E-state index in [0.29, 0.717) is 4.90 Å². The fourth-order valence-corrected chi connectivity index (χ4v) is 0.376. The van der Waals surface area contributed by atoms with Gasteiger partial charge in [0.2, 0.25) is 6.41 Å². The molecule has 0 rings (SSSR count). The van der Waals surface area contributed by atoms with Gasteiger partial charge in [0.05, 0.1) is 0 Å². The van der Waals surface area contributed by atoms with Gasteiger partial charge < -0.3 is 10.2 Å². The standard InChI is InChI=1S/C6H8BNO3/c1-2-3-4-8(5-9)6(7,10)11/h2-5,10-11H,1H2/b4-3-. The highest BCUT2D eigenvalue weighted by atomic mass is 16.5. The minimum absolute atomic E-state index is 0.181. The molecule has 0 unspecified atom stereocenters. The average molecular weight is 153 g/mol. The molecule has 0 fully saturated rings. The Kier molecular flexibility index (Phi) is 3.57. The van der Waals surface area contributed by atoms with E-state index < -0.39 is 5.81 Å². The maximum Gasteiger partial charge on any atom is 0.217 e. The van der Waals surface area contributed by atoms with Crippen LogP contribution in [-0.4, -0.2) is 35.2 Å². The normalized spacial score (nSPS) is 11.5. The van der Waals surface area contributed by atoms with Crippen LogP contribution in [0.4, 0.5) is 0 Å². The quantitative estimate of drug-likeness (QED) is 0.233. The fraction of sp³-hybridized carbons (Fsp3) is 0.167. The van der Waals surface area contributed by atoms with Gasteiger partial charge in [-0.15, -0.1) is 0 Å². The molecule has 0 aromatic heterocycles. The molecule has 0 saturated carbocycles. The first kappa shape index (κ1) is 9.93. The number of hydrogen-bond acceptors (Lipinski definition) is 3. The molecule has 0 aliphatic rings. The zero-order chi connectivity index (χ0) is 8.91. The summed E-state index contributed by atoms with van der Waals surface area (Å²) in [6.07, 6.45) is 3.96. The van der Waals surface area contributed by atoms with Gasteiger partial charge >= 0.3 is 0 Å². The first-order valence-corrected chi connectivity index (χ1v) is 2.79. The predicted octanol–water partition coefficient (Wildman–Crippen LogP) is -1.09. The van der Waals surface area contributed by atoms with Gasteiger partial charge in [0.15, 0.2) is 13.7 Å². The lowest BCUT2D eigenvalue weighted by atomic mass is 10.0. The molecule has 0 atom stereocenters. The van der Waals surface area contributed by atoms with Gasteiger partial charge in [-0.2, -0.15) is 0 Å². The van der Waals surface area contributed by atoms with Gasteiger partial charge in [-0.1, -0.05) is 12.7 Å². The summed E-state index contributed by atoms with van der Waals surface area (Å²) in [4.78, 5) is 10.6. The van der Waals surface area contributed by atoms with Crippen LogP contribution in [-0.2, 0) is 4.79 Å². The summed E-state index contributed by atoms with van der Waals surface area (Å²) < 4.78 is 0. The second-order valence-corrected chi connectivity index (χ2v) is 1.78. The summed E-state index contributed by atoms with van der Waals surface area (Å²) >= 11 is 0. The number of amides is 1. The number of carbonyl (C=O) groups is 1. The Bertz CT molecular complexity index is 173. The van der Waals surface area contributed by atoms with E-state index in [9.17, 15) is 4.79 Å². The first-order chi connectivity index (χ1) is 5.02. The third-order valence-electron chi connectivity index (χ3n) is 0.876. The number of carbonyl (C=O) groups excluding carboxylic acids is 1. The number of hydrogen-bond donors (Lipinski definition) is 2. The number of rotatable bonds is 4. The first-order valence-electron chi connectivity index (χ1n) is 2.79. The van der Waals surface area contributed by atoms with Gasteiger partial charge in [-0.3, -0.25) is 9.69 Å². The Morgan fingerprint density at radius 1 is 1.55 bits per heavy atom. The van der Waals surface area contributed by atoms with E-state index in [2.05, 4.69) is 6.58 Å². The molecule has 11 heavy (non-hydrogen) atoms. The van der Waals surface area contributed by atoms with Gasteiger partial charge in [0, 0.05) is 6.20 Å². The van der Waals surface area contributed by atoms with E-state index in [1.165, 1.54) is 12.2 Å². The van der Waals surface area contributed by atoms with Gasteiger partial charge in [-0.25, -0.2) is 0 Å². The van der Waals surface area contributed by atoms with E-state index in [4.69, 9.17) is 18.1 Å². The van der Waals surface area contributed by atoms with Crippen molar-refractivity contribution in [3.05, 3.63) is 24.9 Å². The molecule has 0 aliphatic heterocycles. The third-order valence-corrected chi connectivity index (χ3v) is 0.876. The second kappa shape index (κ2) is 3.95. The zero-order valence-corrected chi connectivity index (χ0v) is 5.84. The molecule has 0 aromatic carbocycles. The van der Waals surface area contributed by atoms with Crippen molar-refractivity contribution < 1.29 is 15.0 Å². The molecule has 0 bridgehead atoms. The third kappa shape index (κ3) is 3.59. The highest BCUT2D eigenvalue weighted by Gasteiger charge is 2.20. The largest absolute Gasteiger partial charge is 0.357 e. The lowest BCUT2D eigenvalue weighted by Crippen LogP contribution is -2.45. The SMILES string of the molecule is [B]C(O)(O)N(C=O)/C=C\C=C. The molecule has 0 aliphatic carbocycles. The Morgan fingerprint density at radius 3 is 2.36 bits per heavy atom. The molecule has 0 heterocycles. The molecule has 5 heteroatoms. The van der Waals surface area contributed by atoms with Crippen molar-refractivity contribution in [2.24, 2.45) is 0 Å². The summed E-state index contributed by atoms with van der Waals surface area (Å²) in [5.74, 6) is -2.65. The molecular formula is C6H8BNO3. The maximum atomic E-state index is 10.1. The molecule has 4 nitrogen and oxygen atoms in total. The van der Waals surface area contributed by atoms with Crippen LogP contribution in [0.25, 0.3) is 0 Å². The molecule has 0 aromatic rings. The van der Waals surface area contributed by atoms with Crippen LogP contribution < -0.4 is 0 Å². The van der Waals surface area contributed by atoms with E-state index in [0.717, 1.165) is 6.20 Å². The van der Waals surface area contributed by atoms with E-state index in [-0.39, 0.29) is 6.41 Å². The number of nitrogens with zero attached hydrogens (tertiary/aromatic N) is 1. The lowest BCUT2D eigenvalue weighted by molar-refractivity contribution is -0.179. The molecule has 0 spiro atoms. The van der Waals surface area contributed by atoms with Crippen LogP contribution in [0.3, 0.4) is 0 Å².